The van der Waals surface area contributed by atoms with E-state index in [1.165, 1.54) is 34.4 Å². The van der Waals surface area contributed by atoms with Gasteiger partial charge in [0.2, 0.25) is 0 Å². The lowest BCUT2D eigenvalue weighted by Gasteiger charge is -2.12. The lowest BCUT2D eigenvalue weighted by molar-refractivity contribution is 0.0652. The SMILES string of the molecule is CCCCN1C(=O)c2ccc(C(=O)Nn3c(C)nc4sccc4c3=O)cc2C1=O. The van der Waals surface area contributed by atoms with Crippen LogP contribution in [0.15, 0.2) is 34.4 Å². The second-order valence-electron chi connectivity index (χ2n) is 6.76. The van der Waals surface area contributed by atoms with E-state index in [9.17, 15) is 19.2 Å². The Balaban J connectivity index is 1.64. The maximum atomic E-state index is 12.7. The molecule has 0 aliphatic carbocycles. The van der Waals surface area contributed by atoms with Crippen LogP contribution in [-0.4, -0.2) is 38.8 Å². The number of benzene rings is 1. The van der Waals surface area contributed by atoms with Crippen molar-refractivity contribution >= 4 is 39.3 Å². The Morgan fingerprint density at radius 1 is 1.14 bits per heavy atom. The van der Waals surface area contributed by atoms with Gasteiger partial charge in [-0.25, -0.2) is 9.66 Å². The maximum Gasteiger partial charge on any atom is 0.281 e. The summed E-state index contributed by atoms with van der Waals surface area (Å²) in [6.07, 6.45) is 1.58. The van der Waals surface area contributed by atoms with Crippen LogP contribution in [0.5, 0.6) is 0 Å². The summed E-state index contributed by atoms with van der Waals surface area (Å²) in [4.78, 5) is 56.5. The Morgan fingerprint density at radius 3 is 2.66 bits per heavy atom. The predicted octanol–water partition coefficient (Wildman–Crippen LogP) is 2.55. The molecule has 1 aliphatic heterocycles. The monoisotopic (exact) mass is 410 g/mol. The van der Waals surface area contributed by atoms with Crippen molar-refractivity contribution < 1.29 is 14.4 Å². The van der Waals surface area contributed by atoms with Crippen molar-refractivity contribution in [2.24, 2.45) is 0 Å². The molecule has 8 nitrogen and oxygen atoms in total. The molecule has 148 valence electrons. The van der Waals surface area contributed by atoms with Gasteiger partial charge in [0.1, 0.15) is 10.7 Å². The average Bonchev–Trinajstić information content (AvgIpc) is 3.27. The molecule has 29 heavy (non-hydrogen) atoms. The van der Waals surface area contributed by atoms with E-state index < -0.39 is 11.8 Å². The highest BCUT2D eigenvalue weighted by molar-refractivity contribution is 7.16. The molecule has 4 rings (SSSR count). The molecule has 0 spiro atoms. The molecule has 1 aromatic carbocycles. The first-order chi connectivity index (χ1) is 13.9. The molecule has 0 saturated heterocycles. The van der Waals surface area contributed by atoms with Gasteiger partial charge >= 0.3 is 0 Å². The smallest absolute Gasteiger partial charge is 0.274 e. The van der Waals surface area contributed by atoms with E-state index in [1.54, 1.807) is 18.4 Å². The van der Waals surface area contributed by atoms with Crippen molar-refractivity contribution in [3.05, 3.63) is 62.5 Å². The number of nitrogens with zero attached hydrogens (tertiary/aromatic N) is 3. The van der Waals surface area contributed by atoms with Crippen molar-refractivity contribution in [1.29, 1.82) is 0 Å². The Morgan fingerprint density at radius 2 is 1.90 bits per heavy atom. The molecule has 0 bridgehead atoms. The highest BCUT2D eigenvalue weighted by Gasteiger charge is 2.35. The molecule has 3 heterocycles. The minimum absolute atomic E-state index is 0.180. The topological polar surface area (TPSA) is 101 Å². The largest absolute Gasteiger partial charge is 0.281 e. The van der Waals surface area contributed by atoms with E-state index in [0.717, 1.165) is 17.5 Å². The molecular weight excluding hydrogens is 392 g/mol. The first-order valence-electron chi connectivity index (χ1n) is 9.20. The first kappa shape index (κ1) is 19.0. The molecule has 1 N–H and O–H groups in total. The number of carbonyl (C=O) groups excluding carboxylic acids is 3. The Bertz CT molecular complexity index is 1230. The van der Waals surface area contributed by atoms with Crippen LogP contribution in [0.2, 0.25) is 0 Å². The second-order valence-corrected chi connectivity index (χ2v) is 7.65. The van der Waals surface area contributed by atoms with Crippen LogP contribution in [0.3, 0.4) is 0 Å². The normalized spacial score (nSPS) is 13.2. The van der Waals surface area contributed by atoms with Crippen LogP contribution in [0.25, 0.3) is 10.2 Å². The minimum Gasteiger partial charge on any atom is -0.274 e. The van der Waals surface area contributed by atoms with Gasteiger partial charge < -0.3 is 0 Å². The summed E-state index contributed by atoms with van der Waals surface area (Å²) in [5.41, 5.74) is 2.83. The van der Waals surface area contributed by atoms with E-state index >= 15 is 0 Å². The Kier molecular flexibility index (Phi) is 4.75. The van der Waals surface area contributed by atoms with Crippen LogP contribution in [0.4, 0.5) is 0 Å². The molecule has 0 fully saturated rings. The van der Waals surface area contributed by atoms with Crippen molar-refractivity contribution in [1.82, 2.24) is 14.6 Å². The summed E-state index contributed by atoms with van der Waals surface area (Å²) in [5.74, 6) is -0.967. The third kappa shape index (κ3) is 3.13. The number of rotatable bonds is 5. The van der Waals surface area contributed by atoms with Crippen LogP contribution >= 0.6 is 11.3 Å². The van der Waals surface area contributed by atoms with E-state index in [1.807, 2.05) is 6.92 Å². The molecule has 9 heteroatoms. The molecule has 3 amide bonds. The summed E-state index contributed by atoms with van der Waals surface area (Å²) >= 11 is 1.35. The van der Waals surface area contributed by atoms with Crippen LogP contribution < -0.4 is 11.0 Å². The van der Waals surface area contributed by atoms with Crippen LogP contribution in [-0.2, 0) is 0 Å². The van der Waals surface area contributed by atoms with Gasteiger partial charge in [-0.3, -0.25) is 29.5 Å². The fourth-order valence-electron chi connectivity index (χ4n) is 3.26. The number of amides is 3. The first-order valence-corrected chi connectivity index (χ1v) is 10.1. The Labute approximate surface area is 169 Å². The van der Waals surface area contributed by atoms with E-state index in [4.69, 9.17) is 0 Å². The fraction of sp³-hybridized carbons (Fsp3) is 0.250. The lowest BCUT2D eigenvalue weighted by atomic mass is 10.1. The fourth-order valence-corrected chi connectivity index (χ4v) is 4.06. The molecule has 0 unspecified atom stereocenters. The van der Waals surface area contributed by atoms with Crippen molar-refractivity contribution in [2.75, 3.05) is 12.0 Å². The van der Waals surface area contributed by atoms with Gasteiger partial charge in [-0.15, -0.1) is 11.3 Å². The standard InChI is InChI=1S/C20H18N4O4S/c1-3-4-8-23-18(26)13-6-5-12(10-15(13)19(23)27)16(25)22-24-11(2)21-17-14(20(24)28)7-9-29-17/h5-7,9-10H,3-4,8H2,1-2H3,(H,22,25). The summed E-state index contributed by atoms with van der Waals surface area (Å²) in [7, 11) is 0. The average molecular weight is 410 g/mol. The molecule has 0 radical (unpaired) electrons. The highest BCUT2D eigenvalue weighted by atomic mass is 32.1. The van der Waals surface area contributed by atoms with E-state index in [0.29, 0.717) is 22.6 Å². The zero-order chi connectivity index (χ0) is 20.7. The minimum atomic E-state index is -0.568. The van der Waals surface area contributed by atoms with Crippen molar-refractivity contribution in [2.45, 2.75) is 26.7 Å². The molecule has 1 aliphatic rings. The number of nitrogens with one attached hydrogen (secondary N) is 1. The molecule has 0 saturated carbocycles. The summed E-state index contributed by atoms with van der Waals surface area (Å²) in [6.45, 7) is 3.95. The van der Waals surface area contributed by atoms with Crippen LogP contribution in [0.1, 0.15) is 56.7 Å². The number of aryl methyl sites for hydroxylation is 1. The Hall–Kier alpha value is -3.33. The van der Waals surface area contributed by atoms with Crippen molar-refractivity contribution in [3.63, 3.8) is 0 Å². The number of carbonyl (C=O) groups is 3. The number of hydrogen-bond acceptors (Lipinski definition) is 6. The number of hydrogen-bond donors (Lipinski definition) is 1. The summed E-state index contributed by atoms with van der Waals surface area (Å²) in [5, 5.41) is 2.18. The number of thiophene rings is 1. The number of imide groups is 1. The van der Waals surface area contributed by atoms with Gasteiger partial charge in [0, 0.05) is 12.1 Å². The molecular formula is C20H18N4O4S. The third-order valence-corrected chi connectivity index (χ3v) is 5.65. The highest BCUT2D eigenvalue weighted by Crippen LogP contribution is 2.24. The van der Waals surface area contributed by atoms with Crippen molar-refractivity contribution in [3.8, 4) is 0 Å². The molecule has 2 aromatic heterocycles. The lowest BCUT2D eigenvalue weighted by Crippen LogP contribution is -2.35. The maximum absolute atomic E-state index is 12.7. The zero-order valence-electron chi connectivity index (χ0n) is 15.9. The number of aromatic nitrogens is 2. The summed E-state index contributed by atoms with van der Waals surface area (Å²) < 4.78 is 1.09. The molecule has 3 aromatic rings. The van der Waals surface area contributed by atoms with Crippen LogP contribution in [0, 0.1) is 6.92 Å². The van der Waals surface area contributed by atoms with Gasteiger partial charge in [-0.1, -0.05) is 13.3 Å². The third-order valence-electron chi connectivity index (χ3n) is 4.85. The van der Waals surface area contributed by atoms with E-state index in [-0.39, 0.29) is 28.2 Å². The van der Waals surface area contributed by atoms with Gasteiger partial charge in [0.15, 0.2) is 0 Å². The van der Waals surface area contributed by atoms with Gasteiger partial charge in [0.05, 0.1) is 16.5 Å². The van der Waals surface area contributed by atoms with Gasteiger partial charge in [0.25, 0.3) is 23.3 Å². The molecule has 0 atom stereocenters. The quantitative estimate of drug-likeness (QED) is 0.652. The predicted molar refractivity (Wildman–Crippen MR) is 109 cm³/mol. The second kappa shape index (κ2) is 7.25. The number of unbranched alkanes of at least 4 members (excludes halogenated alkanes) is 1. The van der Waals surface area contributed by atoms with Gasteiger partial charge in [-0.2, -0.15) is 0 Å². The van der Waals surface area contributed by atoms with E-state index in [2.05, 4.69) is 10.4 Å². The number of fused-ring (bicyclic) bond motifs is 2. The summed E-state index contributed by atoms with van der Waals surface area (Å²) in [6, 6.07) is 6.00. The zero-order valence-corrected chi connectivity index (χ0v) is 16.7. The van der Waals surface area contributed by atoms with Gasteiger partial charge in [-0.05, 0) is 43.0 Å².